The molecule has 1 aliphatic rings. The summed E-state index contributed by atoms with van der Waals surface area (Å²) < 4.78 is 37.4. The molecule has 0 saturated heterocycles. The standard InChI is InChI=1S/C16H17F3O/c1-15(2)9-12(8-14(20)10-15)7-11-3-5-13(6-4-11)16(17,18)19/h3-6,8H,7,9-10H2,1-2H3. The van der Waals surface area contributed by atoms with Crippen molar-refractivity contribution in [3.63, 3.8) is 0 Å². The highest BCUT2D eigenvalue weighted by atomic mass is 19.4. The van der Waals surface area contributed by atoms with Gasteiger partial charge in [0.25, 0.3) is 0 Å². The molecule has 0 aromatic heterocycles. The predicted molar refractivity (Wildman–Crippen MR) is 71.3 cm³/mol. The summed E-state index contributed by atoms with van der Waals surface area (Å²) in [6.07, 6.45) is -0.792. The van der Waals surface area contributed by atoms with E-state index in [1.54, 1.807) is 6.08 Å². The molecule has 1 aromatic carbocycles. The third kappa shape index (κ3) is 3.71. The van der Waals surface area contributed by atoms with E-state index in [1.807, 2.05) is 13.8 Å². The van der Waals surface area contributed by atoms with Crippen LogP contribution in [0.15, 0.2) is 35.9 Å². The molecule has 0 N–H and O–H groups in total. The Morgan fingerprint density at radius 2 is 1.70 bits per heavy atom. The molecule has 0 aliphatic heterocycles. The number of alkyl halides is 3. The van der Waals surface area contributed by atoms with E-state index in [2.05, 4.69) is 0 Å². The Kier molecular flexibility index (Phi) is 3.76. The number of rotatable bonds is 2. The molecular formula is C16H17F3O. The minimum absolute atomic E-state index is 0.0624. The lowest BCUT2D eigenvalue weighted by molar-refractivity contribution is -0.137. The van der Waals surface area contributed by atoms with Crippen molar-refractivity contribution in [1.82, 2.24) is 0 Å². The second kappa shape index (κ2) is 5.08. The zero-order valence-electron chi connectivity index (χ0n) is 11.6. The molecular weight excluding hydrogens is 265 g/mol. The third-order valence-electron chi connectivity index (χ3n) is 3.44. The van der Waals surface area contributed by atoms with Crippen LogP contribution < -0.4 is 0 Å². The van der Waals surface area contributed by atoms with E-state index in [4.69, 9.17) is 0 Å². The number of benzene rings is 1. The number of allylic oxidation sites excluding steroid dienone is 2. The minimum atomic E-state index is -4.30. The van der Waals surface area contributed by atoms with E-state index in [-0.39, 0.29) is 11.2 Å². The first kappa shape index (κ1) is 14.8. The van der Waals surface area contributed by atoms with Crippen LogP contribution in [-0.2, 0) is 17.4 Å². The fraction of sp³-hybridized carbons (Fsp3) is 0.438. The fourth-order valence-electron chi connectivity index (χ4n) is 2.67. The molecule has 1 aliphatic carbocycles. The maximum Gasteiger partial charge on any atom is 0.416 e. The minimum Gasteiger partial charge on any atom is -0.295 e. The highest BCUT2D eigenvalue weighted by Crippen LogP contribution is 2.35. The molecule has 108 valence electrons. The van der Waals surface area contributed by atoms with Crippen molar-refractivity contribution in [2.24, 2.45) is 5.41 Å². The zero-order chi connectivity index (χ0) is 15.0. The lowest BCUT2D eigenvalue weighted by atomic mass is 9.75. The van der Waals surface area contributed by atoms with Crippen molar-refractivity contribution in [3.05, 3.63) is 47.0 Å². The zero-order valence-corrected chi connectivity index (χ0v) is 11.6. The molecule has 0 fully saturated rings. The smallest absolute Gasteiger partial charge is 0.295 e. The Labute approximate surface area is 116 Å². The van der Waals surface area contributed by atoms with Crippen LogP contribution in [0.5, 0.6) is 0 Å². The molecule has 1 aromatic rings. The van der Waals surface area contributed by atoms with E-state index in [9.17, 15) is 18.0 Å². The number of hydrogen-bond acceptors (Lipinski definition) is 1. The molecule has 0 spiro atoms. The van der Waals surface area contributed by atoms with E-state index >= 15 is 0 Å². The second-order valence-corrected chi connectivity index (χ2v) is 6.16. The first-order valence-corrected chi connectivity index (χ1v) is 6.54. The van der Waals surface area contributed by atoms with Gasteiger partial charge in [-0.2, -0.15) is 13.2 Å². The summed E-state index contributed by atoms with van der Waals surface area (Å²) in [5, 5.41) is 0. The van der Waals surface area contributed by atoms with Crippen LogP contribution in [0.3, 0.4) is 0 Å². The van der Waals surface area contributed by atoms with Crippen molar-refractivity contribution < 1.29 is 18.0 Å². The van der Waals surface area contributed by atoms with Gasteiger partial charge in [0.1, 0.15) is 0 Å². The van der Waals surface area contributed by atoms with Crippen LogP contribution in [0.4, 0.5) is 13.2 Å². The van der Waals surface area contributed by atoms with Gasteiger partial charge in [0.15, 0.2) is 5.78 Å². The van der Waals surface area contributed by atoms with Crippen molar-refractivity contribution >= 4 is 5.78 Å². The van der Waals surface area contributed by atoms with Gasteiger partial charge in [0, 0.05) is 6.42 Å². The molecule has 0 bridgehead atoms. The van der Waals surface area contributed by atoms with E-state index in [0.717, 1.165) is 29.7 Å². The molecule has 4 heteroatoms. The van der Waals surface area contributed by atoms with Crippen LogP contribution in [-0.4, -0.2) is 5.78 Å². The van der Waals surface area contributed by atoms with Crippen LogP contribution >= 0.6 is 0 Å². The average molecular weight is 282 g/mol. The summed E-state index contributed by atoms with van der Waals surface area (Å²) in [4.78, 5) is 11.6. The van der Waals surface area contributed by atoms with Crippen molar-refractivity contribution in [2.75, 3.05) is 0 Å². The molecule has 0 radical (unpaired) electrons. The summed E-state index contributed by atoms with van der Waals surface area (Å²) in [5.74, 6) is 0.100. The average Bonchev–Trinajstić information content (AvgIpc) is 2.25. The lowest BCUT2D eigenvalue weighted by Gasteiger charge is -2.28. The van der Waals surface area contributed by atoms with Crippen molar-refractivity contribution in [2.45, 2.75) is 39.3 Å². The highest BCUT2D eigenvalue weighted by Gasteiger charge is 2.30. The molecule has 0 saturated carbocycles. The van der Waals surface area contributed by atoms with E-state index in [0.29, 0.717) is 12.8 Å². The fourth-order valence-corrected chi connectivity index (χ4v) is 2.67. The van der Waals surface area contributed by atoms with Gasteiger partial charge in [0.2, 0.25) is 0 Å². The van der Waals surface area contributed by atoms with Gasteiger partial charge in [-0.15, -0.1) is 0 Å². The highest BCUT2D eigenvalue weighted by molar-refractivity contribution is 5.91. The SMILES string of the molecule is CC1(C)CC(=O)C=C(Cc2ccc(C(F)(F)F)cc2)C1. The predicted octanol–water partition coefficient (Wildman–Crippen LogP) is 4.56. The van der Waals surface area contributed by atoms with Gasteiger partial charge in [-0.3, -0.25) is 4.79 Å². The van der Waals surface area contributed by atoms with Gasteiger partial charge in [-0.1, -0.05) is 31.6 Å². The monoisotopic (exact) mass is 282 g/mol. The van der Waals surface area contributed by atoms with Crippen LogP contribution in [0.25, 0.3) is 0 Å². The molecule has 0 amide bonds. The maximum atomic E-state index is 12.5. The second-order valence-electron chi connectivity index (χ2n) is 6.16. The van der Waals surface area contributed by atoms with Crippen LogP contribution in [0.1, 0.15) is 37.8 Å². The maximum absolute atomic E-state index is 12.5. The topological polar surface area (TPSA) is 17.1 Å². The van der Waals surface area contributed by atoms with Crippen molar-refractivity contribution in [3.8, 4) is 0 Å². The lowest BCUT2D eigenvalue weighted by Crippen LogP contribution is -2.22. The van der Waals surface area contributed by atoms with Gasteiger partial charge < -0.3 is 0 Å². The molecule has 0 atom stereocenters. The summed E-state index contributed by atoms with van der Waals surface area (Å²) in [6.45, 7) is 4.06. The molecule has 0 unspecified atom stereocenters. The quantitative estimate of drug-likeness (QED) is 0.777. The van der Waals surface area contributed by atoms with Crippen molar-refractivity contribution in [1.29, 1.82) is 0 Å². The van der Waals surface area contributed by atoms with Gasteiger partial charge >= 0.3 is 6.18 Å². The summed E-state index contributed by atoms with van der Waals surface area (Å²) in [7, 11) is 0. The van der Waals surface area contributed by atoms with Gasteiger partial charge in [-0.25, -0.2) is 0 Å². The molecule has 1 nitrogen and oxygen atoms in total. The first-order chi connectivity index (χ1) is 9.16. The Morgan fingerprint density at radius 3 is 2.20 bits per heavy atom. The Hall–Kier alpha value is -1.58. The van der Waals surface area contributed by atoms with Crippen LogP contribution in [0, 0.1) is 5.41 Å². The number of carbonyl (C=O) groups is 1. The first-order valence-electron chi connectivity index (χ1n) is 6.54. The molecule has 0 heterocycles. The number of hydrogen-bond donors (Lipinski definition) is 0. The number of halogens is 3. The van der Waals surface area contributed by atoms with Gasteiger partial charge in [0.05, 0.1) is 5.56 Å². The van der Waals surface area contributed by atoms with Crippen LogP contribution in [0.2, 0.25) is 0 Å². The number of ketones is 1. The Balaban J connectivity index is 2.13. The van der Waals surface area contributed by atoms with E-state index < -0.39 is 11.7 Å². The molecule has 20 heavy (non-hydrogen) atoms. The summed E-state index contributed by atoms with van der Waals surface area (Å²) in [6, 6.07) is 5.14. The summed E-state index contributed by atoms with van der Waals surface area (Å²) in [5.41, 5.74) is 1.09. The van der Waals surface area contributed by atoms with Gasteiger partial charge in [-0.05, 0) is 42.0 Å². The molecule has 2 rings (SSSR count). The van der Waals surface area contributed by atoms with E-state index in [1.165, 1.54) is 12.1 Å². The summed E-state index contributed by atoms with van der Waals surface area (Å²) >= 11 is 0. The normalized spacial score (nSPS) is 18.9. The third-order valence-corrected chi connectivity index (χ3v) is 3.44. The Morgan fingerprint density at radius 1 is 1.10 bits per heavy atom. The Bertz CT molecular complexity index is 536. The largest absolute Gasteiger partial charge is 0.416 e. The number of carbonyl (C=O) groups excluding carboxylic acids is 1.